The van der Waals surface area contributed by atoms with Crippen LogP contribution < -0.4 is 0 Å². The minimum Gasteiger partial charge on any atom is -0.481 e. The maximum absolute atomic E-state index is 11.5. The van der Waals surface area contributed by atoms with Crippen molar-refractivity contribution < 1.29 is 9.90 Å². The van der Waals surface area contributed by atoms with Gasteiger partial charge in [-0.2, -0.15) is 0 Å². The molecule has 2 aliphatic carbocycles. The van der Waals surface area contributed by atoms with Gasteiger partial charge in [0.2, 0.25) is 0 Å². The Morgan fingerprint density at radius 3 is 2.69 bits per heavy atom. The normalized spacial score (nSPS) is 32.4. The summed E-state index contributed by atoms with van der Waals surface area (Å²) < 4.78 is 0. The first-order valence-electron chi connectivity index (χ1n) is 5.49. The van der Waals surface area contributed by atoms with E-state index in [9.17, 15) is 9.90 Å². The smallest absolute Gasteiger partial charge is 0.314 e. The third-order valence-electron chi connectivity index (χ3n) is 3.98. The fraction of sp³-hybridized carbons (Fsp3) is 0.357. The van der Waals surface area contributed by atoms with Gasteiger partial charge in [-0.25, -0.2) is 0 Å². The summed E-state index contributed by atoms with van der Waals surface area (Å²) in [5, 5.41) is 9.48. The summed E-state index contributed by atoms with van der Waals surface area (Å²) in [4.78, 5) is 11.5. The Morgan fingerprint density at radius 1 is 1.38 bits per heavy atom. The molecule has 0 amide bonds. The molecule has 84 valence electrons. The first-order valence-corrected chi connectivity index (χ1v) is 5.49. The highest BCUT2D eigenvalue weighted by molar-refractivity contribution is 5.84. The minimum absolute atomic E-state index is 0.0439. The van der Waals surface area contributed by atoms with E-state index < -0.39 is 11.4 Å². The van der Waals surface area contributed by atoms with Gasteiger partial charge in [-0.05, 0) is 30.9 Å². The number of carboxylic acids is 1. The van der Waals surface area contributed by atoms with E-state index in [2.05, 4.69) is 0 Å². The molecule has 0 saturated carbocycles. The summed E-state index contributed by atoms with van der Waals surface area (Å²) in [7, 11) is 0. The molecule has 2 heteroatoms. The number of rotatable bonds is 1. The summed E-state index contributed by atoms with van der Waals surface area (Å²) >= 11 is 0. The zero-order valence-electron chi connectivity index (χ0n) is 9.82. The van der Waals surface area contributed by atoms with Gasteiger partial charge < -0.3 is 5.11 Å². The van der Waals surface area contributed by atoms with Crippen LogP contribution in [-0.4, -0.2) is 11.1 Å². The van der Waals surface area contributed by atoms with Crippen molar-refractivity contribution in [2.75, 3.05) is 0 Å². The quantitative estimate of drug-likeness (QED) is 0.731. The Hall–Kier alpha value is -1.57. The van der Waals surface area contributed by atoms with Crippen molar-refractivity contribution in [3.63, 3.8) is 0 Å². The van der Waals surface area contributed by atoms with Crippen LogP contribution in [0.25, 0.3) is 0 Å². The van der Waals surface area contributed by atoms with E-state index in [4.69, 9.17) is 0 Å². The van der Waals surface area contributed by atoms with E-state index >= 15 is 0 Å². The summed E-state index contributed by atoms with van der Waals surface area (Å²) in [6.45, 7) is 5.83. The van der Waals surface area contributed by atoms with Gasteiger partial charge in [-0.15, -0.1) is 0 Å². The fourth-order valence-corrected chi connectivity index (χ4v) is 2.54. The van der Waals surface area contributed by atoms with Crippen LogP contribution in [0, 0.1) is 11.3 Å². The number of carbonyl (C=O) groups is 1. The molecular weight excluding hydrogens is 200 g/mol. The number of aliphatic carboxylic acids is 1. The molecule has 2 aliphatic rings. The first-order chi connectivity index (χ1) is 7.49. The summed E-state index contributed by atoms with van der Waals surface area (Å²) in [6, 6.07) is 0. The number of carboxylic acid groups (broad SMARTS) is 1. The summed E-state index contributed by atoms with van der Waals surface area (Å²) in [5.74, 6) is -0.702. The van der Waals surface area contributed by atoms with Crippen molar-refractivity contribution in [1.29, 1.82) is 0 Å². The predicted octanol–water partition coefficient (Wildman–Crippen LogP) is 3.10. The van der Waals surface area contributed by atoms with Gasteiger partial charge in [0.15, 0.2) is 0 Å². The monoisotopic (exact) mass is 216 g/mol. The van der Waals surface area contributed by atoms with Crippen LogP contribution in [0.5, 0.6) is 0 Å². The van der Waals surface area contributed by atoms with E-state index in [1.165, 1.54) is 0 Å². The van der Waals surface area contributed by atoms with E-state index in [1.54, 1.807) is 0 Å². The molecule has 2 atom stereocenters. The Bertz CT molecular complexity index is 463. The lowest BCUT2D eigenvalue weighted by molar-refractivity contribution is -0.147. The fourth-order valence-electron chi connectivity index (χ4n) is 2.54. The number of hydrogen-bond donors (Lipinski definition) is 1. The van der Waals surface area contributed by atoms with Gasteiger partial charge in [0.05, 0.1) is 5.41 Å². The Balaban J connectivity index is 2.65. The summed E-state index contributed by atoms with van der Waals surface area (Å²) in [5.41, 5.74) is 2.38. The van der Waals surface area contributed by atoms with Crippen molar-refractivity contribution in [2.45, 2.75) is 20.8 Å². The molecule has 16 heavy (non-hydrogen) atoms. The number of hydrogen-bond acceptors (Lipinski definition) is 1. The third kappa shape index (κ3) is 1.22. The lowest BCUT2D eigenvalue weighted by Crippen LogP contribution is -2.33. The van der Waals surface area contributed by atoms with Gasteiger partial charge in [0.25, 0.3) is 0 Å². The molecule has 0 aromatic carbocycles. The highest BCUT2D eigenvalue weighted by Gasteiger charge is 2.49. The van der Waals surface area contributed by atoms with Gasteiger partial charge in [-0.3, -0.25) is 4.79 Å². The molecule has 0 radical (unpaired) electrons. The summed E-state index contributed by atoms with van der Waals surface area (Å²) in [6.07, 6.45) is 9.73. The van der Waals surface area contributed by atoms with Crippen molar-refractivity contribution in [1.82, 2.24) is 0 Å². The molecule has 2 unspecified atom stereocenters. The first kappa shape index (κ1) is 10.9. The molecular formula is C14H16O2. The van der Waals surface area contributed by atoms with E-state index in [0.29, 0.717) is 0 Å². The van der Waals surface area contributed by atoms with Crippen molar-refractivity contribution in [3.8, 4) is 0 Å². The maximum Gasteiger partial charge on any atom is 0.314 e. The highest BCUT2D eigenvalue weighted by atomic mass is 16.4. The van der Waals surface area contributed by atoms with E-state index in [-0.39, 0.29) is 5.92 Å². The van der Waals surface area contributed by atoms with Crippen molar-refractivity contribution in [3.05, 3.63) is 47.1 Å². The largest absolute Gasteiger partial charge is 0.481 e. The number of fused-ring (bicyclic) bond motifs is 1. The van der Waals surface area contributed by atoms with E-state index in [1.807, 2.05) is 51.2 Å². The second-order valence-corrected chi connectivity index (χ2v) is 4.65. The van der Waals surface area contributed by atoms with Crippen LogP contribution in [0.15, 0.2) is 47.1 Å². The second-order valence-electron chi connectivity index (χ2n) is 4.65. The maximum atomic E-state index is 11.5. The SMILES string of the molecule is CC1=C2C=CC=CC=C2C(C)(C(=O)O)C1C. The number of allylic oxidation sites excluding steroid dienone is 7. The van der Waals surface area contributed by atoms with Gasteiger partial charge >= 0.3 is 5.97 Å². The molecule has 0 fully saturated rings. The highest BCUT2D eigenvalue weighted by Crippen LogP contribution is 2.51. The molecule has 0 heterocycles. The zero-order valence-corrected chi connectivity index (χ0v) is 9.82. The molecule has 1 N–H and O–H groups in total. The van der Waals surface area contributed by atoms with E-state index in [0.717, 1.165) is 16.7 Å². The second kappa shape index (κ2) is 3.48. The predicted molar refractivity (Wildman–Crippen MR) is 64.0 cm³/mol. The van der Waals surface area contributed by atoms with Gasteiger partial charge in [0, 0.05) is 0 Å². The van der Waals surface area contributed by atoms with Crippen molar-refractivity contribution in [2.24, 2.45) is 11.3 Å². The molecule has 0 saturated heterocycles. The minimum atomic E-state index is -0.793. The van der Waals surface area contributed by atoms with Crippen LogP contribution in [0.4, 0.5) is 0 Å². The molecule has 0 spiro atoms. The lowest BCUT2D eigenvalue weighted by Gasteiger charge is -2.27. The molecule has 0 bridgehead atoms. The van der Waals surface area contributed by atoms with Crippen LogP contribution >= 0.6 is 0 Å². The molecule has 2 rings (SSSR count). The lowest BCUT2D eigenvalue weighted by atomic mass is 9.75. The van der Waals surface area contributed by atoms with Crippen LogP contribution in [0.2, 0.25) is 0 Å². The standard InChI is InChI=1S/C14H16O2/c1-9-10(2)14(3,13(15)16)12-8-6-4-5-7-11(9)12/h4-8,10H,1-3H3,(H,15,16). The van der Waals surface area contributed by atoms with Gasteiger partial charge in [0.1, 0.15) is 0 Å². The van der Waals surface area contributed by atoms with Crippen LogP contribution in [0.3, 0.4) is 0 Å². The Morgan fingerprint density at radius 2 is 2.06 bits per heavy atom. The Labute approximate surface area is 95.7 Å². The average molecular weight is 216 g/mol. The van der Waals surface area contributed by atoms with Crippen molar-refractivity contribution >= 4 is 5.97 Å². The molecule has 0 aromatic heterocycles. The Kier molecular flexibility index (Phi) is 2.38. The zero-order chi connectivity index (χ0) is 11.9. The average Bonchev–Trinajstić information content (AvgIpc) is 2.48. The van der Waals surface area contributed by atoms with Crippen LogP contribution in [-0.2, 0) is 4.79 Å². The molecule has 2 nitrogen and oxygen atoms in total. The van der Waals surface area contributed by atoms with Crippen LogP contribution in [0.1, 0.15) is 20.8 Å². The van der Waals surface area contributed by atoms with Gasteiger partial charge in [-0.1, -0.05) is 42.9 Å². The molecule has 0 aromatic rings. The molecule has 0 aliphatic heterocycles. The third-order valence-corrected chi connectivity index (χ3v) is 3.98. The topological polar surface area (TPSA) is 37.3 Å².